The number of pyridine rings is 1. The van der Waals surface area contributed by atoms with Crippen molar-refractivity contribution in [3.63, 3.8) is 0 Å². The van der Waals surface area contributed by atoms with Crippen LogP contribution in [-0.4, -0.2) is 23.2 Å². The molecule has 0 radical (unpaired) electrons. The van der Waals surface area contributed by atoms with Crippen LogP contribution >= 0.6 is 0 Å². The van der Waals surface area contributed by atoms with Gasteiger partial charge in [0, 0.05) is 10.9 Å². The summed E-state index contributed by atoms with van der Waals surface area (Å²) in [5.74, 6) is -0.202. The van der Waals surface area contributed by atoms with Gasteiger partial charge in [0.1, 0.15) is 5.75 Å². The third-order valence-corrected chi connectivity index (χ3v) is 3.58. The molecule has 3 rings (SSSR count). The molecule has 1 N–H and O–H groups in total. The highest BCUT2D eigenvalue weighted by atomic mass is 16.5. The lowest BCUT2D eigenvalue weighted by atomic mass is 10.0. The monoisotopic (exact) mass is 293 g/mol. The van der Waals surface area contributed by atoms with Crippen molar-refractivity contribution in [2.24, 2.45) is 0 Å². The van der Waals surface area contributed by atoms with Crippen molar-refractivity contribution in [1.82, 2.24) is 4.98 Å². The number of ether oxygens (including phenoxy) is 1. The first-order valence-electron chi connectivity index (χ1n) is 6.87. The van der Waals surface area contributed by atoms with E-state index in [4.69, 9.17) is 4.74 Å². The summed E-state index contributed by atoms with van der Waals surface area (Å²) < 4.78 is 5.14. The van der Waals surface area contributed by atoms with Crippen molar-refractivity contribution >= 4 is 16.9 Å². The fraction of sp³-hybridized carbons (Fsp3) is 0.111. The maximum atomic E-state index is 11.6. The maximum absolute atomic E-state index is 11.6. The Hall–Kier alpha value is -2.88. The largest absolute Gasteiger partial charge is 0.497 e. The maximum Gasteiger partial charge on any atom is 0.336 e. The summed E-state index contributed by atoms with van der Waals surface area (Å²) in [5, 5.41) is 10.1. The second kappa shape index (κ2) is 5.48. The van der Waals surface area contributed by atoms with Crippen LogP contribution in [0.15, 0.2) is 48.5 Å². The van der Waals surface area contributed by atoms with E-state index < -0.39 is 5.97 Å². The van der Waals surface area contributed by atoms with Crippen molar-refractivity contribution in [2.75, 3.05) is 7.11 Å². The number of carbonyl (C=O) groups is 1. The van der Waals surface area contributed by atoms with Gasteiger partial charge in [-0.2, -0.15) is 0 Å². The van der Waals surface area contributed by atoms with Gasteiger partial charge in [0.25, 0.3) is 0 Å². The van der Waals surface area contributed by atoms with Crippen molar-refractivity contribution in [2.45, 2.75) is 6.92 Å². The van der Waals surface area contributed by atoms with E-state index in [1.54, 1.807) is 13.2 Å². The summed E-state index contributed by atoms with van der Waals surface area (Å²) >= 11 is 0. The molecule has 0 saturated carbocycles. The van der Waals surface area contributed by atoms with Gasteiger partial charge >= 0.3 is 5.97 Å². The van der Waals surface area contributed by atoms with E-state index in [1.165, 1.54) is 0 Å². The van der Waals surface area contributed by atoms with E-state index in [0.717, 1.165) is 16.9 Å². The first-order valence-corrected chi connectivity index (χ1v) is 6.87. The van der Waals surface area contributed by atoms with Gasteiger partial charge in [-0.15, -0.1) is 0 Å². The SMILES string of the molecule is COc1ccc(-c2cc(C(=O)O)c3cc(C)ccc3n2)cc1. The number of hydrogen-bond donors (Lipinski definition) is 1. The number of rotatable bonds is 3. The van der Waals surface area contributed by atoms with Crippen LogP contribution in [-0.2, 0) is 0 Å². The van der Waals surface area contributed by atoms with E-state index in [1.807, 2.05) is 49.4 Å². The van der Waals surface area contributed by atoms with Gasteiger partial charge in [-0.05, 0) is 49.4 Å². The molecule has 0 aliphatic carbocycles. The number of hydrogen-bond acceptors (Lipinski definition) is 3. The van der Waals surface area contributed by atoms with E-state index in [0.29, 0.717) is 16.6 Å². The highest BCUT2D eigenvalue weighted by Crippen LogP contribution is 2.27. The summed E-state index contributed by atoms with van der Waals surface area (Å²) in [6.07, 6.45) is 0. The number of methoxy groups -OCH3 is 1. The predicted octanol–water partition coefficient (Wildman–Crippen LogP) is 3.92. The van der Waals surface area contributed by atoms with Gasteiger partial charge in [0.15, 0.2) is 0 Å². The summed E-state index contributed by atoms with van der Waals surface area (Å²) in [6, 6.07) is 14.6. The Labute approximate surface area is 128 Å². The molecule has 0 aliphatic heterocycles. The highest BCUT2D eigenvalue weighted by molar-refractivity contribution is 6.03. The van der Waals surface area contributed by atoms with E-state index in [2.05, 4.69) is 4.98 Å². The lowest BCUT2D eigenvalue weighted by Crippen LogP contribution is -2.00. The zero-order valence-corrected chi connectivity index (χ0v) is 12.3. The fourth-order valence-corrected chi connectivity index (χ4v) is 2.43. The Morgan fingerprint density at radius 3 is 2.45 bits per heavy atom. The topological polar surface area (TPSA) is 59.4 Å². The van der Waals surface area contributed by atoms with Gasteiger partial charge in [0.2, 0.25) is 0 Å². The molecule has 0 fully saturated rings. The molecular weight excluding hydrogens is 278 g/mol. The first-order chi connectivity index (χ1) is 10.6. The smallest absolute Gasteiger partial charge is 0.336 e. The second-order valence-corrected chi connectivity index (χ2v) is 5.11. The molecule has 0 amide bonds. The third-order valence-electron chi connectivity index (χ3n) is 3.58. The molecule has 0 aliphatic rings. The van der Waals surface area contributed by atoms with E-state index in [9.17, 15) is 9.90 Å². The molecule has 0 spiro atoms. The van der Waals surface area contributed by atoms with Crippen LogP contribution in [0.4, 0.5) is 0 Å². The number of carboxylic acid groups (broad SMARTS) is 1. The number of fused-ring (bicyclic) bond motifs is 1. The summed E-state index contributed by atoms with van der Waals surface area (Å²) in [5.41, 5.74) is 3.44. The number of aromatic nitrogens is 1. The molecule has 110 valence electrons. The fourth-order valence-electron chi connectivity index (χ4n) is 2.43. The van der Waals surface area contributed by atoms with Crippen LogP contribution in [0.25, 0.3) is 22.2 Å². The first kappa shape index (κ1) is 14.1. The minimum Gasteiger partial charge on any atom is -0.497 e. The van der Waals surface area contributed by atoms with Crippen molar-refractivity contribution in [1.29, 1.82) is 0 Å². The highest BCUT2D eigenvalue weighted by Gasteiger charge is 2.13. The summed E-state index contributed by atoms with van der Waals surface area (Å²) in [7, 11) is 1.61. The van der Waals surface area contributed by atoms with Crippen molar-refractivity contribution in [3.05, 3.63) is 59.7 Å². The van der Waals surface area contributed by atoms with Gasteiger partial charge in [-0.3, -0.25) is 0 Å². The number of benzene rings is 2. The molecule has 3 aromatic rings. The number of aromatic carboxylic acids is 1. The van der Waals surface area contributed by atoms with Crippen LogP contribution < -0.4 is 4.74 Å². The average molecular weight is 293 g/mol. The Morgan fingerprint density at radius 2 is 1.82 bits per heavy atom. The zero-order valence-electron chi connectivity index (χ0n) is 12.3. The van der Waals surface area contributed by atoms with Crippen LogP contribution in [0.2, 0.25) is 0 Å². The minimum absolute atomic E-state index is 0.263. The quantitative estimate of drug-likeness (QED) is 0.795. The van der Waals surface area contributed by atoms with Crippen LogP contribution in [0, 0.1) is 6.92 Å². The Kier molecular flexibility index (Phi) is 3.51. The predicted molar refractivity (Wildman–Crippen MR) is 85.4 cm³/mol. The Bertz CT molecular complexity index is 854. The second-order valence-electron chi connectivity index (χ2n) is 5.11. The molecule has 2 aromatic carbocycles. The van der Waals surface area contributed by atoms with Crippen molar-refractivity contribution < 1.29 is 14.6 Å². The molecule has 0 bridgehead atoms. The summed E-state index contributed by atoms with van der Waals surface area (Å²) in [4.78, 5) is 16.1. The van der Waals surface area contributed by atoms with Gasteiger partial charge in [-0.25, -0.2) is 9.78 Å². The molecule has 22 heavy (non-hydrogen) atoms. The lowest BCUT2D eigenvalue weighted by molar-refractivity contribution is 0.0699. The zero-order chi connectivity index (χ0) is 15.7. The van der Waals surface area contributed by atoms with Crippen LogP contribution in [0.1, 0.15) is 15.9 Å². The van der Waals surface area contributed by atoms with E-state index in [-0.39, 0.29) is 5.56 Å². The van der Waals surface area contributed by atoms with Gasteiger partial charge in [-0.1, -0.05) is 11.6 Å². The standard InChI is InChI=1S/C18H15NO3/c1-11-3-8-16-14(9-11)15(18(20)21)10-17(19-16)12-4-6-13(22-2)7-5-12/h3-10H,1-2H3,(H,20,21). The van der Waals surface area contributed by atoms with Crippen molar-refractivity contribution in [3.8, 4) is 17.0 Å². The van der Waals surface area contributed by atoms with Crippen LogP contribution in [0.3, 0.4) is 0 Å². The number of nitrogens with zero attached hydrogens (tertiary/aromatic N) is 1. The van der Waals surface area contributed by atoms with Gasteiger partial charge < -0.3 is 9.84 Å². The van der Waals surface area contributed by atoms with Crippen LogP contribution in [0.5, 0.6) is 5.75 Å². The minimum atomic E-state index is -0.951. The van der Waals surface area contributed by atoms with E-state index >= 15 is 0 Å². The number of carboxylic acids is 1. The molecule has 1 heterocycles. The normalized spacial score (nSPS) is 10.6. The molecule has 0 saturated heterocycles. The molecule has 1 aromatic heterocycles. The number of aryl methyl sites for hydroxylation is 1. The third kappa shape index (κ3) is 2.51. The Balaban J connectivity index is 2.21. The molecule has 4 nitrogen and oxygen atoms in total. The Morgan fingerprint density at radius 1 is 1.09 bits per heavy atom. The van der Waals surface area contributed by atoms with Gasteiger partial charge in [0.05, 0.1) is 23.9 Å². The molecular formula is C18H15NO3. The lowest BCUT2D eigenvalue weighted by Gasteiger charge is -2.08. The summed E-state index contributed by atoms with van der Waals surface area (Å²) in [6.45, 7) is 1.93. The molecule has 4 heteroatoms. The molecule has 0 unspecified atom stereocenters. The molecule has 0 atom stereocenters. The average Bonchev–Trinajstić information content (AvgIpc) is 2.53.